The van der Waals surface area contributed by atoms with Crippen LogP contribution in [0.15, 0.2) is 48.5 Å². The summed E-state index contributed by atoms with van der Waals surface area (Å²) >= 11 is 0. The third-order valence-corrected chi connectivity index (χ3v) is 12.4. The van der Waals surface area contributed by atoms with Gasteiger partial charge in [0.15, 0.2) is 0 Å². The quantitative estimate of drug-likeness (QED) is 0.570. The Bertz CT molecular complexity index is 811. The molecule has 0 saturated heterocycles. The maximum Gasteiger partial charge on any atom is 0.244 e. The summed E-state index contributed by atoms with van der Waals surface area (Å²) in [6.07, 6.45) is 0. The van der Waals surface area contributed by atoms with Gasteiger partial charge in [-0.05, 0) is 91.3 Å². The van der Waals surface area contributed by atoms with Crippen LogP contribution in [0, 0.1) is 0 Å². The summed E-state index contributed by atoms with van der Waals surface area (Å²) in [5, 5.41) is 4.01. The van der Waals surface area contributed by atoms with E-state index in [1.807, 2.05) is 105 Å². The summed E-state index contributed by atoms with van der Waals surface area (Å²) in [5.41, 5.74) is 0. The Kier molecular flexibility index (Phi) is 8.04. The molecule has 0 amide bonds. The molecule has 160 valence electrons. The summed E-state index contributed by atoms with van der Waals surface area (Å²) < 4.78 is 33.8. The maximum atomic E-state index is 13.3. The molecule has 0 unspecified atom stereocenters. The van der Waals surface area contributed by atoms with Crippen LogP contribution in [0.3, 0.4) is 0 Å². The molecule has 0 aliphatic heterocycles. The molecule has 0 N–H and O–H groups in total. The molecule has 29 heavy (non-hydrogen) atoms. The summed E-state index contributed by atoms with van der Waals surface area (Å²) in [6.45, 7) is 0. The van der Waals surface area contributed by atoms with E-state index < -0.39 is 14.9 Å². The largest absolute Gasteiger partial charge is 0.284 e. The molecule has 2 aromatic rings. The number of hydrogen-bond donors (Lipinski definition) is 0. The first-order valence-electron chi connectivity index (χ1n) is 9.33. The topological polar surface area (TPSA) is 47.1 Å². The van der Waals surface area contributed by atoms with Gasteiger partial charge in [-0.25, -0.2) is 18.7 Å². The zero-order valence-corrected chi connectivity index (χ0v) is 21.4. The minimum absolute atomic E-state index is 0.481. The molecule has 0 spiro atoms. The molecule has 6 nitrogen and oxygen atoms in total. The Labute approximate surface area is 177 Å². The van der Waals surface area contributed by atoms with Crippen molar-refractivity contribution in [1.82, 2.24) is 18.7 Å². The second-order valence-electron chi connectivity index (χ2n) is 7.70. The molecule has 9 heteroatoms. The summed E-state index contributed by atoms with van der Waals surface area (Å²) in [5.74, 6) is 0. The van der Waals surface area contributed by atoms with Crippen LogP contribution in [0.2, 0.25) is 0 Å². The molecule has 0 heterocycles. The van der Waals surface area contributed by atoms with Gasteiger partial charge in [-0.3, -0.25) is 9.13 Å². The van der Waals surface area contributed by atoms with Crippen molar-refractivity contribution in [2.75, 3.05) is 56.4 Å². The zero-order chi connectivity index (χ0) is 22.0. The van der Waals surface area contributed by atoms with E-state index in [1.54, 1.807) is 18.7 Å². The third kappa shape index (κ3) is 4.92. The monoisotopic (exact) mass is 454 g/mol. The average Bonchev–Trinajstić information content (AvgIpc) is 2.67. The third-order valence-electron chi connectivity index (χ3n) is 4.86. The molecule has 2 aromatic carbocycles. The first-order chi connectivity index (χ1) is 13.4. The van der Waals surface area contributed by atoms with Crippen molar-refractivity contribution >= 4 is 44.7 Å². The fraction of sp³-hybridized carbons (Fsp3) is 0.400. The Morgan fingerprint density at radius 1 is 0.517 bits per heavy atom. The van der Waals surface area contributed by atoms with Gasteiger partial charge in [0.05, 0.1) is 0 Å². The fourth-order valence-corrected chi connectivity index (χ4v) is 8.64. The van der Waals surface area contributed by atoms with Gasteiger partial charge < -0.3 is 0 Å². The van der Waals surface area contributed by atoms with Crippen LogP contribution in [-0.4, -0.2) is 75.1 Å². The highest BCUT2D eigenvalue weighted by Gasteiger charge is 2.31. The second-order valence-corrected chi connectivity index (χ2v) is 15.5. The van der Waals surface area contributed by atoms with E-state index in [0.717, 1.165) is 10.6 Å². The second kappa shape index (κ2) is 9.54. The number of benzene rings is 2. The highest BCUT2D eigenvalue weighted by Crippen LogP contribution is 2.48. The lowest BCUT2D eigenvalue weighted by Gasteiger charge is -2.31. The first-order valence-corrected chi connectivity index (χ1v) is 13.6. The van der Waals surface area contributed by atoms with Crippen LogP contribution in [0.4, 0.5) is 0 Å². The molecule has 0 bridgehead atoms. The fourth-order valence-electron chi connectivity index (χ4n) is 3.28. The summed E-state index contributed by atoms with van der Waals surface area (Å²) in [4.78, 5) is 0. The molecule has 0 aromatic heterocycles. The smallest absolute Gasteiger partial charge is 0.244 e. The Morgan fingerprint density at radius 3 is 0.966 bits per heavy atom. The molecule has 0 radical (unpaired) electrons. The molecule has 0 aliphatic carbocycles. The van der Waals surface area contributed by atoms with Crippen molar-refractivity contribution < 1.29 is 9.13 Å². The number of hydrogen-bond acceptors (Lipinski definition) is 2. The SMILES string of the molecule is CN(C)P(=O)(c1ccc(Pc2ccc(P(=O)(N(C)C)N(C)C)cc2)cc1)N(C)C. The molecular weight excluding hydrogens is 421 g/mol. The van der Waals surface area contributed by atoms with Crippen LogP contribution < -0.4 is 21.2 Å². The molecular formula is C20H33N4O2P3. The predicted octanol–water partition coefficient (Wildman–Crippen LogP) is 2.20. The molecule has 0 aliphatic rings. The molecule has 0 saturated carbocycles. The van der Waals surface area contributed by atoms with Crippen molar-refractivity contribution in [3.8, 4) is 0 Å². The number of nitrogens with zero attached hydrogens (tertiary/aromatic N) is 4. The standard InChI is InChI=1S/C20H33N4O2P3/c1-21(2)28(25,22(3)4)19-13-9-17(10-14-19)27-18-11-15-20(16-12-18)29(26,23(5)6)24(7)8/h9-16,27H,1-8H3. The van der Waals surface area contributed by atoms with E-state index in [2.05, 4.69) is 0 Å². The highest BCUT2D eigenvalue weighted by atomic mass is 31.2. The van der Waals surface area contributed by atoms with Gasteiger partial charge in [0, 0.05) is 10.6 Å². The maximum absolute atomic E-state index is 13.3. The van der Waals surface area contributed by atoms with Crippen LogP contribution in [0.25, 0.3) is 0 Å². The summed E-state index contributed by atoms with van der Waals surface area (Å²) in [7, 11) is 9.78. The van der Waals surface area contributed by atoms with Crippen molar-refractivity contribution in [3.63, 3.8) is 0 Å². The van der Waals surface area contributed by atoms with Crippen LogP contribution in [-0.2, 0) is 9.13 Å². The molecule has 0 atom stereocenters. The van der Waals surface area contributed by atoms with Gasteiger partial charge in [-0.2, -0.15) is 0 Å². The summed E-state index contributed by atoms with van der Waals surface area (Å²) in [6, 6.07) is 16.0. The lowest BCUT2D eigenvalue weighted by molar-refractivity contribution is 0.459. The van der Waals surface area contributed by atoms with Crippen molar-refractivity contribution in [2.45, 2.75) is 0 Å². The van der Waals surface area contributed by atoms with Gasteiger partial charge in [-0.1, -0.05) is 32.8 Å². The normalized spacial score (nSPS) is 13.1. The lowest BCUT2D eigenvalue weighted by Crippen LogP contribution is -2.29. The van der Waals surface area contributed by atoms with E-state index in [-0.39, 0.29) is 0 Å². The van der Waals surface area contributed by atoms with E-state index >= 15 is 0 Å². The van der Waals surface area contributed by atoms with Crippen LogP contribution in [0.1, 0.15) is 0 Å². The van der Waals surface area contributed by atoms with Gasteiger partial charge in [0.1, 0.15) is 0 Å². The van der Waals surface area contributed by atoms with Gasteiger partial charge in [-0.15, -0.1) is 0 Å². The zero-order valence-electron chi connectivity index (χ0n) is 18.6. The Morgan fingerprint density at radius 2 is 0.759 bits per heavy atom. The van der Waals surface area contributed by atoms with Crippen molar-refractivity contribution in [2.24, 2.45) is 0 Å². The van der Waals surface area contributed by atoms with Crippen molar-refractivity contribution in [3.05, 3.63) is 48.5 Å². The van der Waals surface area contributed by atoms with E-state index in [4.69, 9.17) is 0 Å². The first kappa shape index (κ1) is 24.4. The minimum atomic E-state index is -2.73. The van der Waals surface area contributed by atoms with Gasteiger partial charge in [0.2, 0.25) is 14.9 Å². The van der Waals surface area contributed by atoms with Crippen LogP contribution >= 0.6 is 23.5 Å². The molecule has 0 fully saturated rings. The average molecular weight is 454 g/mol. The number of rotatable bonds is 8. The van der Waals surface area contributed by atoms with Gasteiger partial charge in [0.25, 0.3) is 0 Å². The highest BCUT2D eigenvalue weighted by molar-refractivity contribution is 7.67. The Hall–Kier alpha value is -0.830. The van der Waals surface area contributed by atoms with Crippen molar-refractivity contribution in [1.29, 1.82) is 0 Å². The Balaban J connectivity index is 2.23. The lowest BCUT2D eigenvalue weighted by atomic mass is 10.4. The minimum Gasteiger partial charge on any atom is -0.284 e. The van der Waals surface area contributed by atoms with E-state index in [0.29, 0.717) is 8.58 Å². The van der Waals surface area contributed by atoms with E-state index in [1.165, 1.54) is 10.6 Å². The molecule has 2 rings (SSSR count). The van der Waals surface area contributed by atoms with E-state index in [9.17, 15) is 9.13 Å². The predicted molar refractivity (Wildman–Crippen MR) is 130 cm³/mol. The van der Waals surface area contributed by atoms with Gasteiger partial charge >= 0.3 is 0 Å². The van der Waals surface area contributed by atoms with Crippen LogP contribution in [0.5, 0.6) is 0 Å².